The minimum Gasteiger partial charge on any atom is -0.481 e. The highest BCUT2D eigenvalue weighted by atomic mass is 16.5. The van der Waals surface area contributed by atoms with E-state index >= 15 is 0 Å². The minimum absolute atomic E-state index is 0.0293. The number of hydrogen-bond donors (Lipinski definition) is 1. The average Bonchev–Trinajstić information content (AvgIpc) is 2.13. The first kappa shape index (κ1) is 12.9. The lowest BCUT2D eigenvalue weighted by Crippen LogP contribution is -2.15. The maximum atomic E-state index is 10.9. The van der Waals surface area contributed by atoms with Crippen LogP contribution in [0.2, 0.25) is 0 Å². The van der Waals surface area contributed by atoms with Gasteiger partial charge in [-0.1, -0.05) is 0 Å². The summed E-state index contributed by atoms with van der Waals surface area (Å²) in [6.45, 7) is 0.453. The number of carbonyl (C=O) groups is 2. The smallest absolute Gasteiger partial charge is 0.305 e. The molecule has 14 heavy (non-hydrogen) atoms. The lowest BCUT2D eigenvalue weighted by Gasteiger charge is -2.12. The van der Waals surface area contributed by atoms with Crippen LogP contribution < -0.4 is 0 Å². The molecule has 0 aliphatic carbocycles. The Hall–Kier alpha value is -1.10. The van der Waals surface area contributed by atoms with Gasteiger partial charge in [0.15, 0.2) is 0 Å². The van der Waals surface area contributed by atoms with E-state index in [-0.39, 0.29) is 24.7 Å². The Kier molecular flexibility index (Phi) is 6.74. The molecule has 0 aromatic carbocycles. The normalized spacial score (nSPS) is 12.1. The molecule has 0 aliphatic heterocycles. The number of ether oxygens (including phenoxy) is 2. The standard InChI is InChI=1S/C9H16O5/c1-13-4-3-7(5-8(10)11)6-9(12)14-2/h7H,3-6H2,1-2H3,(H,10,11). The van der Waals surface area contributed by atoms with Gasteiger partial charge in [0, 0.05) is 26.6 Å². The molecular weight excluding hydrogens is 188 g/mol. The molecule has 0 saturated heterocycles. The Balaban J connectivity index is 3.96. The SMILES string of the molecule is COCCC(CC(=O)O)CC(=O)OC. The third kappa shape index (κ3) is 6.42. The van der Waals surface area contributed by atoms with E-state index in [0.29, 0.717) is 13.0 Å². The van der Waals surface area contributed by atoms with E-state index in [9.17, 15) is 9.59 Å². The zero-order chi connectivity index (χ0) is 11.0. The van der Waals surface area contributed by atoms with E-state index in [0.717, 1.165) is 0 Å². The number of methoxy groups -OCH3 is 2. The second kappa shape index (κ2) is 7.32. The van der Waals surface area contributed by atoms with E-state index in [1.54, 1.807) is 0 Å². The fourth-order valence-corrected chi connectivity index (χ4v) is 1.13. The minimum atomic E-state index is -0.907. The van der Waals surface area contributed by atoms with Gasteiger partial charge < -0.3 is 14.6 Å². The number of carboxylic acids is 1. The van der Waals surface area contributed by atoms with Crippen molar-refractivity contribution < 1.29 is 24.2 Å². The van der Waals surface area contributed by atoms with Crippen LogP contribution in [0.4, 0.5) is 0 Å². The number of aliphatic carboxylic acids is 1. The lowest BCUT2D eigenvalue weighted by molar-refractivity contribution is -0.143. The van der Waals surface area contributed by atoms with E-state index < -0.39 is 5.97 Å². The van der Waals surface area contributed by atoms with Crippen LogP contribution in [0, 0.1) is 5.92 Å². The van der Waals surface area contributed by atoms with Crippen LogP contribution >= 0.6 is 0 Å². The van der Waals surface area contributed by atoms with E-state index in [1.807, 2.05) is 0 Å². The van der Waals surface area contributed by atoms with E-state index in [4.69, 9.17) is 9.84 Å². The summed E-state index contributed by atoms with van der Waals surface area (Å²) >= 11 is 0. The first-order valence-corrected chi connectivity index (χ1v) is 4.37. The summed E-state index contributed by atoms with van der Waals surface area (Å²) in [6.07, 6.45) is 0.655. The second-order valence-corrected chi connectivity index (χ2v) is 3.03. The van der Waals surface area contributed by atoms with Crippen molar-refractivity contribution in [2.24, 2.45) is 5.92 Å². The summed E-state index contributed by atoms with van der Waals surface area (Å²) in [5, 5.41) is 8.58. The molecule has 82 valence electrons. The highest BCUT2D eigenvalue weighted by Gasteiger charge is 2.17. The number of hydrogen-bond acceptors (Lipinski definition) is 4. The zero-order valence-electron chi connectivity index (χ0n) is 8.49. The number of rotatable bonds is 7. The molecule has 0 amide bonds. The first-order valence-electron chi connectivity index (χ1n) is 4.37. The first-order chi connectivity index (χ1) is 6.60. The molecule has 5 nitrogen and oxygen atoms in total. The quantitative estimate of drug-likeness (QED) is 0.617. The monoisotopic (exact) mass is 204 g/mol. The van der Waals surface area contributed by atoms with Gasteiger partial charge in [-0.25, -0.2) is 0 Å². The summed E-state index contributed by atoms with van der Waals surface area (Å²) in [4.78, 5) is 21.4. The Morgan fingerprint density at radius 1 is 1.29 bits per heavy atom. The second-order valence-electron chi connectivity index (χ2n) is 3.03. The van der Waals surface area contributed by atoms with Crippen LogP contribution in [-0.4, -0.2) is 37.9 Å². The van der Waals surface area contributed by atoms with Gasteiger partial charge in [0.05, 0.1) is 7.11 Å². The summed E-state index contributed by atoms with van der Waals surface area (Å²) in [5.41, 5.74) is 0. The Bertz CT molecular complexity index is 190. The maximum Gasteiger partial charge on any atom is 0.305 e. The van der Waals surface area contributed by atoms with Crippen molar-refractivity contribution in [1.82, 2.24) is 0 Å². The number of esters is 1. The highest BCUT2D eigenvalue weighted by molar-refractivity contribution is 5.72. The molecular formula is C9H16O5. The summed E-state index contributed by atoms with van der Waals surface area (Å²) in [5.74, 6) is -1.50. The van der Waals surface area contributed by atoms with Gasteiger partial charge in [0.1, 0.15) is 0 Å². The Labute approximate surface area is 83.0 Å². The van der Waals surface area contributed by atoms with Crippen LogP contribution in [-0.2, 0) is 19.1 Å². The van der Waals surface area contributed by atoms with E-state index in [1.165, 1.54) is 14.2 Å². The molecule has 1 atom stereocenters. The molecule has 0 aliphatic rings. The van der Waals surface area contributed by atoms with E-state index in [2.05, 4.69) is 4.74 Å². The molecule has 0 radical (unpaired) electrons. The predicted molar refractivity (Wildman–Crippen MR) is 48.9 cm³/mol. The molecule has 0 aromatic heterocycles. The number of carbonyl (C=O) groups excluding carboxylic acids is 1. The van der Waals surface area contributed by atoms with Crippen molar-refractivity contribution >= 4 is 11.9 Å². The summed E-state index contributed by atoms with van der Waals surface area (Å²) < 4.78 is 9.29. The molecule has 0 rings (SSSR count). The van der Waals surface area contributed by atoms with Gasteiger partial charge in [-0.3, -0.25) is 9.59 Å². The molecule has 0 heterocycles. The third-order valence-corrected chi connectivity index (χ3v) is 1.88. The lowest BCUT2D eigenvalue weighted by atomic mass is 9.98. The highest BCUT2D eigenvalue weighted by Crippen LogP contribution is 2.14. The Morgan fingerprint density at radius 3 is 2.36 bits per heavy atom. The fraction of sp³-hybridized carbons (Fsp3) is 0.778. The van der Waals surface area contributed by atoms with Crippen LogP contribution in [0.25, 0.3) is 0 Å². The molecule has 1 N–H and O–H groups in total. The molecule has 0 spiro atoms. The van der Waals surface area contributed by atoms with Crippen molar-refractivity contribution in [2.75, 3.05) is 20.8 Å². The molecule has 5 heteroatoms. The van der Waals surface area contributed by atoms with Crippen molar-refractivity contribution in [1.29, 1.82) is 0 Å². The van der Waals surface area contributed by atoms with Crippen molar-refractivity contribution in [3.8, 4) is 0 Å². The summed E-state index contributed by atoms with van der Waals surface area (Å²) in [7, 11) is 2.83. The van der Waals surface area contributed by atoms with Crippen LogP contribution in [0.3, 0.4) is 0 Å². The maximum absolute atomic E-state index is 10.9. The van der Waals surface area contributed by atoms with Gasteiger partial charge in [0.25, 0.3) is 0 Å². The fourth-order valence-electron chi connectivity index (χ4n) is 1.13. The zero-order valence-corrected chi connectivity index (χ0v) is 8.49. The van der Waals surface area contributed by atoms with Crippen LogP contribution in [0.1, 0.15) is 19.3 Å². The van der Waals surface area contributed by atoms with Gasteiger partial charge in [-0.15, -0.1) is 0 Å². The topological polar surface area (TPSA) is 72.8 Å². The van der Waals surface area contributed by atoms with Gasteiger partial charge in [0.2, 0.25) is 0 Å². The molecule has 0 bridgehead atoms. The molecule has 0 saturated carbocycles. The molecule has 1 unspecified atom stereocenters. The average molecular weight is 204 g/mol. The van der Waals surface area contributed by atoms with Crippen molar-refractivity contribution in [2.45, 2.75) is 19.3 Å². The molecule has 0 aromatic rings. The van der Waals surface area contributed by atoms with Crippen LogP contribution in [0.5, 0.6) is 0 Å². The third-order valence-electron chi connectivity index (χ3n) is 1.88. The van der Waals surface area contributed by atoms with Gasteiger partial charge in [-0.05, 0) is 12.3 Å². The molecule has 0 fully saturated rings. The van der Waals surface area contributed by atoms with Gasteiger partial charge >= 0.3 is 11.9 Å². The Morgan fingerprint density at radius 2 is 1.93 bits per heavy atom. The largest absolute Gasteiger partial charge is 0.481 e. The van der Waals surface area contributed by atoms with Crippen LogP contribution in [0.15, 0.2) is 0 Å². The van der Waals surface area contributed by atoms with Crippen molar-refractivity contribution in [3.63, 3.8) is 0 Å². The van der Waals surface area contributed by atoms with Crippen molar-refractivity contribution in [3.05, 3.63) is 0 Å². The number of carboxylic acid groups (broad SMARTS) is 1. The van der Waals surface area contributed by atoms with Gasteiger partial charge in [-0.2, -0.15) is 0 Å². The predicted octanol–water partition coefficient (Wildman–Crippen LogP) is 0.677. The summed E-state index contributed by atoms with van der Waals surface area (Å²) in [6, 6.07) is 0.